The van der Waals surface area contributed by atoms with E-state index >= 15 is 0 Å². The SMILES string of the molecule is c1ccc2c(c1)OCCOCCOc1ccccc1-c1ccccc1OCCOCCOc1ccccc1-2. The molecule has 38 heavy (non-hydrogen) atoms. The summed E-state index contributed by atoms with van der Waals surface area (Å²) in [6.45, 7) is 3.50. The van der Waals surface area contributed by atoms with Crippen LogP contribution in [0.4, 0.5) is 0 Å². The molecule has 0 radical (unpaired) electrons. The summed E-state index contributed by atoms with van der Waals surface area (Å²) >= 11 is 0. The van der Waals surface area contributed by atoms with Gasteiger partial charge in [0, 0.05) is 22.3 Å². The molecule has 1 aliphatic heterocycles. The highest BCUT2D eigenvalue weighted by molar-refractivity contribution is 5.76. The average Bonchev–Trinajstić information content (AvgIpc) is 2.97. The van der Waals surface area contributed by atoms with E-state index in [9.17, 15) is 0 Å². The van der Waals surface area contributed by atoms with Crippen molar-refractivity contribution in [3.8, 4) is 45.3 Å². The van der Waals surface area contributed by atoms with E-state index in [0.29, 0.717) is 52.9 Å². The molecular weight excluding hydrogens is 480 g/mol. The van der Waals surface area contributed by atoms with E-state index in [1.54, 1.807) is 0 Å². The lowest BCUT2D eigenvalue weighted by molar-refractivity contribution is 0.0758. The van der Waals surface area contributed by atoms with Gasteiger partial charge in [0.2, 0.25) is 0 Å². The fraction of sp³-hybridized carbons (Fsp3) is 0.250. The Balaban J connectivity index is 1.32. The Morgan fingerprint density at radius 1 is 0.289 bits per heavy atom. The first kappa shape index (κ1) is 25.6. The number of rotatable bonds is 0. The third kappa shape index (κ3) is 6.65. The molecule has 4 aromatic carbocycles. The Kier molecular flexibility index (Phi) is 9.12. The van der Waals surface area contributed by atoms with E-state index in [1.165, 1.54) is 0 Å². The molecule has 1 heterocycles. The quantitative estimate of drug-likeness (QED) is 0.276. The van der Waals surface area contributed by atoms with Crippen LogP contribution in [0.25, 0.3) is 22.3 Å². The van der Waals surface area contributed by atoms with Crippen LogP contribution in [0.5, 0.6) is 23.0 Å². The minimum atomic E-state index is 0.426. The highest BCUT2D eigenvalue weighted by Gasteiger charge is 2.13. The molecular formula is C32H32O6. The molecule has 0 N–H and O–H groups in total. The van der Waals surface area contributed by atoms with E-state index in [-0.39, 0.29) is 0 Å². The molecule has 0 unspecified atom stereocenters. The van der Waals surface area contributed by atoms with Crippen molar-refractivity contribution in [2.24, 2.45) is 0 Å². The van der Waals surface area contributed by atoms with Gasteiger partial charge in [-0.15, -0.1) is 0 Å². The van der Waals surface area contributed by atoms with Gasteiger partial charge >= 0.3 is 0 Å². The van der Waals surface area contributed by atoms with Crippen molar-refractivity contribution in [3.63, 3.8) is 0 Å². The van der Waals surface area contributed by atoms with Crippen LogP contribution in [0, 0.1) is 0 Å². The van der Waals surface area contributed by atoms with Gasteiger partial charge in [-0.25, -0.2) is 0 Å². The van der Waals surface area contributed by atoms with Gasteiger partial charge in [0.1, 0.15) is 49.4 Å². The van der Waals surface area contributed by atoms with E-state index < -0.39 is 0 Å². The maximum atomic E-state index is 6.09. The van der Waals surface area contributed by atoms with Crippen molar-refractivity contribution in [2.75, 3.05) is 52.9 Å². The van der Waals surface area contributed by atoms with E-state index in [2.05, 4.69) is 0 Å². The van der Waals surface area contributed by atoms with Gasteiger partial charge in [-0.3, -0.25) is 0 Å². The second-order valence-corrected chi connectivity index (χ2v) is 8.60. The van der Waals surface area contributed by atoms with Gasteiger partial charge < -0.3 is 28.4 Å². The summed E-state index contributed by atoms with van der Waals surface area (Å²) in [5.74, 6) is 3.14. The zero-order chi connectivity index (χ0) is 25.8. The second-order valence-electron chi connectivity index (χ2n) is 8.60. The predicted octanol–water partition coefficient (Wildman–Crippen LogP) is 6.28. The first-order chi connectivity index (χ1) is 18.9. The smallest absolute Gasteiger partial charge is 0.127 e. The molecule has 196 valence electrons. The molecule has 0 saturated heterocycles. The first-order valence-corrected chi connectivity index (χ1v) is 12.9. The minimum Gasteiger partial charge on any atom is -0.491 e. The van der Waals surface area contributed by atoms with Crippen LogP contribution < -0.4 is 18.9 Å². The predicted molar refractivity (Wildman–Crippen MR) is 147 cm³/mol. The summed E-state index contributed by atoms with van der Waals surface area (Å²) in [7, 11) is 0. The molecule has 0 spiro atoms. The van der Waals surface area contributed by atoms with Crippen molar-refractivity contribution < 1.29 is 28.4 Å². The molecule has 5 rings (SSSR count). The molecule has 0 bridgehead atoms. The van der Waals surface area contributed by atoms with E-state index in [1.807, 2.05) is 97.1 Å². The Hall–Kier alpha value is -4.00. The third-order valence-electron chi connectivity index (χ3n) is 6.07. The molecule has 0 aliphatic carbocycles. The van der Waals surface area contributed by atoms with Gasteiger partial charge in [0.15, 0.2) is 0 Å². The van der Waals surface area contributed by atoms with Crippen molar-refractivity contribution in [3.05, 3.63) is 97.1 Å². The van der Waals surface area contributed by atoms with Gasteiger partial charge in [0.05, 0.1) is 26.4 Å². The number of benzene rings is 4. The molecule has 0 amide bonds. The summed E-state index contributed by atoms with van der Waals surface area (Å²) in [4.78, 5) is 0. The van der Waals surface area contributed by atoms with Gasteiger partial charge in [0.25, 0.3) is 0 Å². The maximum Gasteiger partial charge on any atom is 0.127 e. The largest absolute Gasteiger partial charge is 0.491 e. The topological polar surface area (TPSA) is 55.4 Å². The average molecular weight is 513 g/mol. The fourth-order valence-electron chi connectivity index (χ4n) is 4.31. The first-order valence-electron chi connectivity index (χ1n) is 12.9. The van der Waals surface area contributed by atoms with Gasteiger partial charge in [-0.1, -0.05) is 72.8 Å². The lowest BCUT2D eigenvalue weighted by Gasteiger charge is -2.17. The van der Waals surface area contributed by atoms with Crippen LogP contribution in [-0.2, 0) is 9.47 Å². The number of hydrogen-bond donors (Lipinski definition) is 0. The zero-order valence-corrected chi connectivity index (χ0v) is 21.3. The highest BCUT2D eigenvalue weighted by atomic mass is 16.6. The monoisotopic (exact) mass is 512 g/mol. The van der Waals surface area contributed by atoms with E-state index in [0.717, 1.165) is 45.3 Å². The fourth-order valence-corrected chi connectivity index (χ4v) is 4.31. The van der Waals surface area contributed by atoms with Crippen molar-refractivity contribution in [1.82, 2.24) is 0 Å². The van der Waals surface area contributed by atoms with E-state index in [4.69, 9.17) is 28.4 Å². The zero-order valence-electron chi connectivity index (χ0n) is 21.3. The van der Waals surface area contributed by atoms with Crippen molar-refractivity contribution >= 4 is 0 Å². The summed E-state index contributed by atoms with van der Waals surface area (Å²) < 4.78 is 36.0. The molecule has 0 aromatic heterocycles. The molecule has 6 nitrogen and oxygen atoms in total. The molecule has 0 fully saturated rings. The molecule has 0 saturated carbocycles. The van der Waals surface area contributed by atoms with Crippen molar-refractivity contribution in [1.29, 1.82) is 0 Å². The summed E-state index contributed by atoms with van der Waals surface area (Å²) in [6.07, 6.45) is 0. The van der Waals surface area contributed by atoms with Crippen molar-refractivity contribution in [2.45, 2.75) is 0 Å². The number of ether oxygens (including phenoxy) is 6. The van der Waals surface area contributed by atoms with Gasteiger partial charge in [-0.05, 0) is 24.3 Å². The van der Waals surface area contributed by atoms with Crippen LogP contribution in [0.1, 0.15) is 0 Å². The minimum absolute atomic E-state index is 0.426. The normalized spacial score (nSPS) is 15.2. The van der Waals surface area contributed by atoms with Gasteiger partial charge in [-0.2, -0.15) is 0 Å². The highest BCUT2D eigenvalue weighted by Crippen LogP contribution is 2.37. The number of fused-ring (bicyclic) bond motifs is 6. The number of para-hydroxylation sites is 4. The molecule has 0 atom stereocenters. The van der Waals surface area contributed by atoms with Crippen LogP contribution in [-0.4, -0.2) is 52.9 Å². The Labute approximate surface area is 223 Å². The van der Waals surface area contributed by atoms with Crippen LogP contribution in [0.15, 0.2) is 97.1 Å². The standard InChI is InChI=1S/C32H32O6/c1-5-13-29-25(9-1)26-10-2-6-14-30(26)36-22-18-34-20-24-38-32-16-8-4-12-28(32)27-11-3-7-15-31(27)37-23-19-33-17-21-35-29/h1-16H,17-24H2. The van der Waals surface area contributed by atoms with Crippen LogP contribution >= 0.6 is 0 Å². The molecule has 1 aliphatic rings. The maximum absolute atomic E-state index is 6.09. The Morgan fingerprint density at radius 2 is 0.526 bits per heavy atom. The van der Waals surface area contributed by atoms with Crippen LogP contribution in [0.3, 0.4) is 0 Å². The summed E-state index contributed by atoms with van der Waals surface area (Å²) in [6, 6.07) is 31.8. The lowest BCUT2D eigenvalue weighted by atomic mass is 10.0. The summed E-state index contributed by atoms with van der Waals surface area (Å²) in [5.41, 5.74) is 3.88. The Bertz CT molecular complexity index is 1100. The lowest BCUT2D eigenvalue weighted by Crippen LogP contribution is -2.13. The summed E-state index contributed by atoms with van der Waals surface area (Å²) in [5, 5.41) is 0. The number of hydrogen-bond acceptors (Lipinski definition) is 6. The Morgan fingerprint density at radius 3 is 0.789 bits per heavy atom. The van der Waals surface area contributed by atoms with Crippen LogP contribution in [0.2, 0.25) is 0 Å². The third-order valence-corrected chi connectivity index (χ3v) is 6.07. The molecule has 6 heteroatoms. The second kappa shape index (κ2) is 13.5. The molecule has 4 aromatic rings.